The van der Waals surface area contributed by atoms with Gasteiger partial charge in [-0.05, 0) is 36.2 Å². The molecule has 0 radical (unpaired) electrons. The van der Waals surface area contributed by atoms with Gasteiger partial charge < -0.3 is 18.3 Å². The van der Waals surface area contributed by atoms with Crippen molar-refractivity contribution in [2.24, 2.45) is 0 Å². The predicted molar refractivity (Wildman–Crippen MR) is 83.1 cm³/mol. The third kappa shape index (κ3) is 4.01. The van der Waals surface area contributed by atoms with E-state index in [1.54, 1.807) is 19.2 Å². The van der Waals surface area contributed by atoms with E-state index in [2.05, 4.69) is 10.2 Å². The molecule has 7 nitrogen and oxygen atoms in total. The van der Waals surface area contributed by atoms with Crippen molar-refractivity contribution in [1.82, 2.24) is 10.2 Å². The fourth-order valence-corrected chi connectivity index (χ4v) is 2.06. The van der Waals surface area contributed by atoms with Crippen LogP contribution in [-0.4, -0.2) is 23.3 Å². The van der Waals surface area contributed by atoms with Gasteiger partial charge in [0.1, 0.15) is 5.75 Å². The molecule has 0 aliphatic heterocycles. The average molecular weight is 328 g/mol. The number of hydrogen-bond donors (Lipinski definition) is 0. The topological polar surface area (TPSA) is 87.6 Å². The maximum Gasteiger partial charge on any atom is 0.306 e. The normalized spacial score (nSPS) is 10.5. The summed E-state index contributed by atoms with van der Waals surface area (Å²) in [6.07, 6.45) is 2.37. The summed E-state index contributed by atoms with van der Waals surface area (Å²) in [6, 6.07) is 11.0. The molecule has 0 unspecified atom stereocenters. The van der Waals surface area contributed by atoms with Gasteiger partial charge in [-0.1, -0.05) is 12.1 Å². The van der Waals surface area contributed by atoms with Crippen LogP contribution in [0.5, 0.6) is 5.75 Å². The lowest BCUT2D eigenvalue weighted by Crippen LogP contribution is -2.06. The van der Waals surface area contributed by atoms with Crippen molar-refractivity contribution < 1.29 is 23.1 Å². The van der Waals surface area contributed by atoms with E-state index in [0.717, 1.165) is 11.3 Å². The molecule has 2 aromatic heterocycles. The maximum absolute atomic E-state index is 11.8. The number of hydrogen-bond acceptors (Lipinski definition) is 7. The highest BCUT2D eigenvalue weighted by atomic mass is 16.5. The number of aromatic nitrogens is 2. The molecule has 3 aromatic rings. The van der Waals surface area contributed by atoms with Gasteiger partial charge in [0.2, 0.25) is 0 Å². The molecule has 1 aromatic carbocycles. The lowest BCUT2D eigenvalue weighted by Gasteiger charge is -2.04. The smallest absolute Gasteiger partial charge is 0.306 e. The largest absolute Gasteiger partial charge is 0.497 e. The van der Waals surface area contributed by atoms with E-state index in [4.69, 9.17) is 18.3 Å². The molecule has 124 valence electrons. The fraction of sp³-hybridized carbons (Fsp3) is 0.235. The number of aryl methyl sites for hydroxylation is 1. The Morgan fingerprint density at radius 1 is 1.17 bits per heavy atom. The molecule has 2 heterocycles. The predicted octanol–water partition coefficient (Wildman–Crippen LogP) is 3.01. The van der Waals surface area contributed by atoms with Gasteiger partial charge in [0.25, 0.3) is 11.8 Å². The van der Waals surface area contributed by atoms with Crippen LogP contribution in [0.15, 0.2) is 51.5 Å². The number of furan rings is 1. The fourth-order valence-electron chi connectivity index (χ4n) is 2.06. The van der Waals surface area contributed by atoms with E-state index in [9.17, 15) is 4.79 Å². The standard InChI is InChI=1S/C17H16N2O5/c1-21-13-7-4-12(5-8-13)6-9-16(20)23-11-15-18-19-17(24-15)14-3-2-10-22-14/h2-5,7-8,10H,6,9,11H2,1H3. The van der Waals surface area contributed by atoms with Crippen LogP contribution < -0.4 is 4.74 Å². The highest BCUT2D eigenvalue weighted by Gasteiger charge is 2.12. The number of carbonyl (C=O) groups excluding carboxylic acids is 1. The number of carbonyl (C=O) groups is 1. The summed E-state index contributed by atoms with van der Waals surface area (Å²) in [4.78, 5) is 11.8. The zero-order valence-electron chi connectivity index (χ0n) is 13.1. The number of rotatable bonds is 7. The van der Waals surface area contributed by atoms with Gasteiger partial charge in [0, 0.05) is 6.42 Å². The van der Waals surface area contributed by atoms with Crippen LogP contribution in [0.2, 0.25) is 0 Å². The molecular weight excluding hydrogens is 312 g/mol. The Bertz CT molecular complexity index is 778. The van der Waals surface area contributed by atoms with Gasteiger partial charge in [0.15, 0.2) is 12.4 Å². The molecule has 0 bridgehead atoms. The summed E-state index contributed by atoms with van der Waals surface area (Å²) in [5.74, 6) is 1.40. The van der Waals surface area contributed by atoms with Crippen LogP contribution in [-0.2, 0) is 22.6 Å². The molecule has 0 spiro atoms. The number of ether oxygens (including phenoxy) is 2. The lowest BCUT2D eigenvalue weighted by molar-refractivity contribution is -0.145. The first-order chi connectivity index (χ1) is 11.7. The summed E-state index contributed by atoms with van der Waals surface area (Å²) >= 11 is 0. The van der Waals surface area contributed by atoms with Crippen LogP contribution in [0.4, 0.5) is 0 Å². The Balaban J connectivity index is 1.45. The Morgan fingerprint density at radius 3 is 2.71 bits per heavy atom. The third-order valence-corrected chi connectivity index (χ3v) is 3.33. The maximum atomic E-state index is 11.8. The number of methoxy groups -OCH3 is 1. The van der Waals surface area contributed by atoms with Gasteiger partial charge in [-0.3, -0.25) is 4.79 Å². The van der Waals surface area contributed by atoms with Crippen LogP contribution in [0.3, 0.4) is 0 Å². The first-order valence-electron chi connectivity index (χ1n) is 7.39. The van der Waals surface area contributed by atoms with Crippen molar-refractivity contribution in [3.8, 4) is 17.4 Å². The first kappa shape index (κ1) is 15.8. The van der Waals surface area contributed by atoms with E-state index < -0.39 is 0 Å². The Morgan fingerprint density at radius 2 is 2.00 bits per heavy atom. The van der Waals surface area contributed by atoms with Gasteiger partial charge in [-0.15, -0.1) is 10.2 Å². The van der Waals surface area contributed by atoms with Crippen molar-refractivity contribution in [3.63, 3.8) is 0 Å². The zero-order valence-corrected chi connectivity index (χ0v) is 13.1. The second-order valence-corrected chi connectivity index (χ2v) is 4.99. The molecule has 0 atom stereocenters. The van der Waals surface area contributed by atoms with E-state index in [1.165, 1.54) is 6.26 Å². The van der Waals surface area contributed by atoms with Gasteiger partial charge >= 0.3 is 5.97 Å². The van der Waals surface area contributed by atoms with Crippen molar-refractivity contribution >= 4 is 5.97 Å². The zero-order chi connectivity index (χ0) is 16.8. The number of esters is 1. The summed E-state index contributed by atoms with van der Waals surface area (Å²) in [5, 5.41) is 7.65. The van der Waals surface area contributed by atoms with Crippen molar-refractivity contribution in [3.05, 3.63) is 54.1 Å². The van der Waals surface area contributed by atoms with Crippen LogP contribution in [0.1, 0.15) is 17.9 Å². The van der Waals surface area contributed by atoms with Crippen LogP contribution >= 0.6 is 0 Å². The minimum atomic E-state index is -0.330. The van der Waals surface area contributed by atoms with Crippen molar-refractivity contribution in [1.29, 1.82) is 0 Å². The van der Waals surface area contributed by atoms with Crippen LogP contribution in [0.25, 0.3) is 11.7 Å². The number of nitrogens with zero attached hydrogens (tertiary/aromatic N) is 2. The van der Waals surface area contributed by atoms with Crippen molar-refractivity contribution in [2.45, 2.75) is 19.4 Å². The van der Waals surface area contributed by atoms with Gasteiger partial charge in [0.05, 0.1) is 13.4 Å². The SMILES string of the molecule is COc1ccc(CCC(=O)OCc2nnc(-c3ccco3)o2)cc1. The highest BCUT2D eigenvalue weighted by Crippen LogP contribution is 2.18. The van der Waals surface area contributed by atoms with E-state index in [0.29, 0.717) is 12.2 Å². The van der Waals surface area contributed by atoms with E-state index >= 15 is 0 Å². The molecule has 0 saturated carbocycles. The second kappa shape index (κ2) is 7.45. The number of benzene rings is 1. The molecule has 0 amide bonds. The Hall–Kier alpha value is -3.09. The van der Waals surface area contributed by atoms with Crippen molar-refractivity contribution in [2.75, 3.05) is 7.11 Å². The Labute approximate surface area is 138 Å². The highest BCUT2D eigenvalue weighted by molar-refractivity contribution is 5.69. The molecule has 24 heavy (non-hydrogen) atoms. The lowest BCUT2D eigenvalue weighted by atomic mass is 10.1. The molecule has 3 rings (SSSR count). The average Bonchev–Trinajstić information content (AvgIpc) is 3.29. The second-order valence-electron chi connectivity index (χ2n) is 4.99. The molecule has 7 heteroatoms. The quantitative estimate of drug-likeness (QED) is 0.616. The monoisotopic (exact) mass is 328 g/mol. The summed E-state index contributed by atoms with van der Waals surface area (Å²) in [7, 11) is 1.61. The van der Waals surface area contributed by atoms with E-state index in [1.807, 2.05) is 24.3 Å². The summed E-state index contributed by atoms with van der Waals surface area (Å²) in [6.45, 7) is -0.0604. The van der Waals surface area contributed by atoms with Gasteiger partial charge in [-0.2, -0.15) is 0 Å². The minimum Gasteiger partial charge on any atom is -0.497 e. The molecule has 0 saturated heterocycles. The minimum absolute atomic E-state index is 0.0604. The molecule has 0 aliphatic rings. The van der Waals surface area contributed by atoms with Gasteiger partial charge in [-0.25, -0.2) is 0 Å². The molecular formula is C17H16N2O5. The summed E-state index contributed by atoms with van der Waals surface area (Å²) in [5.41, 5.74) is 1.03. The first-order valence-corrected chi connectivity index (χ1v) is 7.39. The van der Waals surface area contributed by atoms with E-state index in [-0.39, 0.29) is 30.8 Å². The molecule has 0 N–H and O–H groups in total. The summed E-state index contributed by atoms with van der Waals surface area (Å²) < 4.78 is 20.7. The molecule has 0 fully saturated rings. The molecule has 0 aliphatic carbocycles. The third-order valence-electron chi connectivity index (χ3n) is 3.33. The Kier molecular flexibility index (Phi) is 4.90. The van der Waals surface area contributed by atoms with Crippen LogP contribution in [0, 0.1) is 0 Å².